The fraction of sp³-hybridized carbons (Fsp3) is 0.333. The van der Waals surface area contributed by atoms with Crippen LogP contribution in [0.3, 0.4) is 0 Å². The van der Waals surface area contributed by atoms with Gasteiger partial charge < -0.3 is 10.5 Å². The number of aromatic nitrogens is 1. The van der Waals surface area contributed by atoms with Gasteiger partial charge in [-0.05, 0) is 12.1 Å². The molecule has 1 aromatic rings. The van der Waals surface area contributed by atoms with Crippen molar-refractivity contribution >= 4 is 30.8 Å². The molecular weight excluding hydrogens is 239 g/mol. The summed E-state index contributed by atoms with van der Waals surface area (Å²) in [6, 6.07) is 5.04. The van der Waals surface area contributed by atoms with Crippen molar-refractivity contribution in [1.29, 1.82) is 0 Å². The first-order valence-corrected chi connectivity index (χ1v) is 3.97. The van der Waals surface area contributed by atoms with Gasteiger partial charge in [0.1, 0.15) is 0 Å². The molecule has 2 N–H and O–H groups in total. The van der Waals surface area contributed by atoms with Crippen LogP contribution in [0.1, 0.15) is 18.2 Å². The lowest BCUT2D eigenvalue weighted by atomic mass is 10.1. The van der Waals surface area contributed by atoms with Gasteiger partial charge in [-0.25, -0.2) is 0 Å². The van der Waals surface area contributed by atoms with Crippen LogP contribution in [0, 0.1) is 0 Å². The van der Waals surface area contributed by atoms with Gasteiger partial charge >= 0.3 is 5.97 Å². The Bertz CT molecular complexity index is 283. The van der Waals surface area contributed by atoms with Gasteiger partial charge in [-0.15, -0.1) is 24.8 Å². The zero-order valence-corrected chi connectivity index (χ0v) is 9.88. The number of ether oxygens (including phenoxy) is 1. The average Bonchev–Trinajstić information content (AvgIpc) is 2.19. The molecule has 0 aliphatic carbocycles. The second kappa shape index (κ2) is 8.47. The number of nitrogens with two attached hydrogens (primary N) is 1. The Morgan fingerprint density at radius 2 is 2.20 bits per heavy atom. The molecule has 1 aromatic heterocycles. The second-order valence-corrected chi connectivity index (χ2v) is 2.64. The number of esters is 1. The number of methoxy groups -OCH3 is 1. The van der Waals surface area contributed by atoms with Crippen molar-refractivity contribution in [3.05, 3.63) is 30.1 Å². The van der Waals surface area contributed by atoms with Crippen molar-refractivity contribution in [3.8, 4) is 0 Å². The molecule has 0 bridgehead atoms. The molecule has 1 atom stereocenters. The molecule has 0 fully saturated rings. The van der Waals surface area contributed by atoms with Crippen LogP contribution in [0.5, 0.6) is 0 Å². The summed E-state index contributed by atoms with van der Waals surface area (Å²) in [5.74, 6) is -0.321. The summed E-state index contributed by atoms with van der Waals surface area (Å²) in [5, 5.41) is 0. The molecule has 0 unspecified atom stereocenters. The lowest BCUT2D eigenvalue weighted by molar-refractivity contribution is -0.141. The van der Waals surface area contributed by atoms with Crippen LogP contribution in [-0.4, -0.2) is 18.1 Å². The highest BCUT2D eigenvalue weighted by atomic mass is 35.5. The highest BCUT2D eigenvalue weighted by Crippen LogP contribution is 2.10. The third-order valence-electron chi connectivity index (χ3n) is 1.68. The quantitative estimate of drug-likeness (QED) is 0.829. The zero-order chi connectivity index (χ0) is 9.68. The van der Waals surface area contributed by atoms with Gasteiger partial charge in [0.2, 0.25) is 0 Å². The molecule has 0 spiro atoms. The minimum Gasteiger partial charge on any atom is -0.469 e. The Balaban J connectivity index is 0. The monoisotopic (exact) mass is 252 g/mol. The fourth-order valence-corrected chi connectivity index (χ4v) is 0.963. The van der Waals surface area contributed by atoms with E-state index in [-0.39, 0.29) is 43.2 Å². The fourth-order valence-electron chi connectivity index (χ4n) is 0.963. The first kappa shape index (κ1) is 16.6. The van der Waals surface area contributed by atoms with Gasteiger partial charge in [0.15, 0.2) is 0 Å². The molecule has 0 aliphatic rings. The van der Waals surface area contributed by atoms with Crippen LogP contribution in [0.4, 0.5) is 0 Å². The van der Waals surface area contributed by atoms with E-state index < -0.39 is 0 Å². The predicted molar refractivity (Wildman–Crippen MR) is 62.3 cm³/mol. The molecule has 0 amide bonds. The van der Waals surface area contributed by atoms with E-state index in [1.54, 1.807) is 18.3 Å². The van der Waals surface area contributed by atoms with Crippen molar-refractivity contribution < 1.29 is 9.53 Å². The molecule has 0 saturated carbocycles. The molecule has 15 heavy (non-hydrogen) atoms. The summed E-state index contributed by atoms with van der Waals surface area (Å²) in [6.45, 7) is 0. The van der Waals surface area contributed by atoms with E-state index in [9.17, 15) is 4.79 Å². The van der Waals surface area contributed by atoms with Crippen LogP contribution in [0.15, 0.2) is 24.4 Å². The van der Waals surface area contributed by atoms with Crippen LogP contribution in [0.25, 0.3) is 0 Å². The normalized spacial score (nSPS) is 10.5. The Morgan fingerprint density at radius 3 is 2.67 bits per heavy atom. The molecule has 86 valence electrons. The summed E-state index contributed by atoms with van der Waals surface area (Å²) in [4.78, 5) is 14.9. The lowest BCUT2D eigenvalue weighted by Crippen LogP contribution is -2.17. The average molecular weight is 253 g/mol. The van der Waals surface area contributed by atoms with Gasteiger partial charge in [-0.1, -0.05) is 6.07 Å². The van der Waals surface area contributed by atoms with Crippen molar-refractivity contribution in [2.75, 3.05) is 7.11 Å². The first-order chi connectivity index (χ1) is 6.24. The minimum atomic E-state index is -0.381. The molecule has 0 radical (unpaired) electrons. The summed E-state index contributed by atoms with van der Waals surface area (Å²) < 4.78 is 4.50. The third kappa shape index (κ3) is 5.57. The number of hydrogen-bond donors (Lipinski definition) is 1. The lowest BCUT2D eigenvalue weighted by Gasteiger charge is -2.08. The zero-order valence-electron chi connectivity index (χ0n) is 8.25. The van der Waals surface area contributed by atoms with Crippen LogP contribution in [0.2, 0.25) is 0 Å². The molecule has 0 aliphatic heterocycles. The molecule has 6 heteroatoms. The van der Waals surface area contributed by atoms with Gasteiger partial charge in [-0.3, -0.25) is 9.78 Å². The van der Waals surface area contributed by atoms with Crippen LogP contribution in [-0.2, 0) is 9.53 Å². The Morgan fingerprint density at radius 1 is 1.53 bits per heavy atom. The van der Waals surface area contributed by atoms with E-state index in [0.717, 1.165) is 0 Å². The number of halogens is 2. The number of hydrogen-bond acceptors (Lipinski definition) is 4. The van der Waals surface area contributed by atoms with E-state index >= 15 is 0 Å². The van der Waals surface area contributed by atoms with E-state index in [4.69, 9.17) is 5.73 Å². The topological polar surface area (TPSA) is 65.2 Å². The summed E-state index contributed by atoms with van der Waals surface area (Å²) in [5.41, 5.74) is 6.41. The molecular formula is C9H14Cl2N2O2. The van der Waals surface area contributed by atoms with Crippen molar-refractivity contribution in [3.63, 3.8) is 0 Å². The maximum Gasteiger partial charge on any atom is 0.307 e. The van der Waals surface area contributed by atoms with Gasteiger partial charge in [0.05, 0.1) is 25.3 Å². The minimum absolute atomic E-state index is 0. The smallest absolute Gasteiger partial charge is 0.307 e. The Labute approximate surface area is 101 Å². The summed E-state index contributed by atoms with van der Waals surface area (Å²) in [6.07, 6.45) is 1.81. The largest absolute Gasteiger partial charge is 0.469 e. The highest BCUT2D eigenvalue weighted by Gasteiger charge is 2.11. The van der Waals surface area contributed by atoms with Crippen LogP contribution < -0.4 is 5.73 Å². The number of nitrogens with zero attached hydrogens (tertiary/aromatic N) is 1. The Hall–Kier alpha value is -0.840. The van der Waals surface area contributed by atoms with Gasteiger partial charge in [0.25, 0.3) is 0 Å². The molecule has 1 rings (SSSR count). The number of rotatable bonds is 3. The summed E-state index contributed by atoms with van der Waals surface area (Å²) >= 11 is 0. The number of carbonyl (C=O) groups is 1. The van der Waals surface area contributed by atoms with E-state index in [2.05, 4.69) is 9.72 Å². The van der Waals surface area contributed by atoms with Gasteiger partial charge in [0, 0.05) is 6.20 Å². The van der Waals surface area contributed by atoms with E-state index in [1.165, 1.54) is 7.11 Å². The maximum absolute atomic E-state index is 10.9. The maximum atomic E-state index is 10.9. The Kier molecular flexibility index (Phi) is 9.36. The molecule has 0 saturated heterocycles. The van der Waals surface area contributed by atoms with Crippen LogP contribution >= 0.6 is 24.8 Å². The number of carbonyl (C=O) groups excluding carboxylic acids is 1. The van der Waals surface area contributed by atoms with E-state index in [1.807, 2.05) is 6.07 Å². The molecule has 0 aromatic carbocycles. The summed E-state index contributed by atoms with van der Waals surface area (Å²) in [7, 11) is 1.34. The predicted octanol–water partition coefficient (Wildman–Crippen LogP) is 1.49. The SMILES string of the molecule is COC(=O)C[C@H](N)c1ccccn1.Cl.Cl. The van der Waals surface area contributed by atoms with Crippen molar-refractivity contribution in [1.82, 2.24) is 4.98 Å². The van der Waals surface area contributed by atoms with Crippen molar-refractivity contribution in [2.24, 2.45) is 5.73 Å². The highest BCUT2D eigenvalue weighted by molar-refractivity contribution is 5.85. The third-order valence-corrected chi connectivity index (χ3v) is 1.68. The first-order valence-electron chi connectivity index (χ1n) is 3.97. The molecule has 4 nitrogen and oxygen atoms in total. The van der Waals surface area contributed by atoms with Crippen molar-refractivity contribution in [2.45, 2.75) is 12.5 Å². The van der Waals surface area contributed by atoms with Gasteiger partial charge in [-0.2, -0.15) is 0 Å². The second-order valence-electron chi connectivity index (χ2n) is 2.64. The molecule has 1 heterocycles. The number of pyridine rings is 1. The van der Waals surface area contributed by atoms with E-state index in [0.29, 0.717) is 5.69 Å². The standard InChI is InChI=1S/C9H12N2O2.2ClH/c1-13-9(12)6-7(10)8-4-2-3-5-11-8;;/h2-5,7H,6,10H2,1H3;2*1H/t7-;;/m0../s1.